The molecule has 0 N–H and O–H groups in total. The van der Waals surface area contributed by atoms with Crippen LogP contribution in [0.1, 0.15) is 72.3 Å². The molecule has 2 heterocycles. The van der Waals surface area contributed by atoms with Crippen LogP contribution in [-0.2, 0) is 25.6 Å². The summed E-state index contributed by atoms with van der Waals surface area (Å²) in [5.74, 6) is -2.87. The monoisotopic (exact) mass is 582 g/mol. The van der Waals surface area contributed by atoms with E-state index in [1.165, 1.54) is 86.4 Å². The van der Waals surface area contributed by atoms with Crippen molar-refractivity contribution in [3.8, 4) is 0 Å². The maximum Gasteiger partial charge on any atom is 0.284 e. The fourth-order valence-corrected chi connectivity index (χ4v) is 5.74. The van der Waals surface area contributed by atoms with Gasteiger partial charge in [-0.05, 0) is 155 Å². The number of β-lactam (4-membered cyclic amide) rings is 4. The van der Waals surface area contributed by atoms with Crippen molar-refractivity contribution in [1.82, 2.24) is 9.80 Å². The average Bonchev–Trinajstić information content (AvgIpc) is 2.96. The number of carbonyl (C=O) groups excluding carboxylic acids is 4. The number of amides is 4. The number of nitrogens with zero attached hydrogens (tertiary/aromatic N) is 2. The van der Waals surface area contributed by atoms with E-state index in [0.717, 1.165) is 16.2 Å². The number of imide groups is 2. The van der Waals surface area contributed by atoms with Crippen LogP contribution < -0.4 is 0 Å². The van der Waals surface area contributed by atoms with Crippen LogP contribution in [0.2, 0.25) is 0 Å². The summed E-state index contributed by atoms with van der Waals surface area (Å²) in [6, 6.07) is 11.6. The zero-order valence-corrected chi connectivity index (χ0v) is 28.1. The smallest absolute Gasteiger partial charge is 0.282 e. The Morgan fingerprint density at radius 1 is 0.419 bits per heavy atom. The van der Waals surface area contributed by atoms with Gasteiger partial charge in [-0.1, -0.05) is 30.3 Å². The molecule has 6 nitrogen and oxygen atoms in total. The summed E-state index contributed by atoms with van der Waals surface area (Å²) in [6.07, 6.45) is 1.03. The fraction of sp³-hybridized carbons (Fsp3) is 0.405. The summed E-state index contributed by atoms with van der Waals surface area (Å²) < 4.78 is 0. The maximum atomic E-state index is 11.2. The molecule has 0 unspecified atom stereocenters. The van der Waals surface area contributed by atoms with E-state index >= 15 is 0 Å². The first-order valence-electron chi connectivity index (χ1n) is 14.7. The Hall–Kier alpha value is -4.06. The number of carbonyl (C=O) groups is 4. The molecule has 4 amide bonds. The molecule has 228 valence electrons. The van der Waals surface area contributed by atoms with Gasteiger partial charge in [-0.3, -0.25) is 29.0 Å². The van der Waals surface area contributed by atoms with Crippen molar-refractivity contribution in [3.05, 3.63) is 103 Å². The van der Waals surface area contributed by atoms with E-state index in [4.69, 9.17) is 0 Å². The molecule has 0 bridgehead atoms. The van der Waals surface area contributed by atoms with Gasteiger partial charge >= 0.3 is 0 Å². The second kappa shape index (κ2) is 12.3. The quantitative estimate of drug-likeness (QED) is 0.262. The summed E-state index contributed by atoms with van der Waals surface area (Å²) in [4.78, 5) is 46.3. The van der Waals surface area contributed by atoms with Crippen LogP contribution in [0.15, 0.2) is 30.3 Å². The lowest BCUT2D eigenvalue weighted by molar-refractivity contribution is -0.196. The Labute approximate surface area is 257 Å². The van der Waals surface area contributed by atoms with Crippen LogP contribution in [0, 0.1) is 81.6 Å². The van der Waals surface area contributed by atoms with E-state index in [0.29, 0.717) is 0 Å². The van der Waals surface area contributed by atoms with Gasteiger partial charge in [-0.2, -0.15) is 0 Å². The third-order valence-electron chi connectivity index (χ3n) is 9.62. The molecule has 2 aliphatic rings. The summed E-state index contributed by atoms with van der Waals surface area (Å²) in [6.45, 7) is 24.2. The largest absolute Gasteiger partial charge is 0.284 e. The van der Waals surface area contributed by atoms with Gasteiger partial charge in [0.25, 0.3) is 29.0 Å². The first-order chi connectivity index (χ1) is 19.9. The minimum Gasteiger partial charge on any atom is -0.282 e. The van der Waals surface area contributed by atoms with E-state index in [9.17, 15) is 19.2 Å². The molecule has 5 rings (SSSR count). The fourth-order valence-electron chi connectivity index (χ4n) is 5.74. The van der Waals surface area contributed by atoms with Crippen molar-refractivity contribution in [2.45, 2.75) is 82.6 Å². The van der Waals surface area contributed by atoms with E-state index in [1.54, 1.807) is 0 Å². The molecule has 43 heavy (non-hydrogen) atoms. The van der Waals surface area contributed by atoms with Crippen LogP contribution in [0.5, 0.6) is 0 Å². The second-order valence-electron chi connectivity index (χ2n) is 12.4. The predicted octanol–water partition coefficient (Wildman–Crippen LogP) is 6.33. The summed E-state index contributed by atoms with van der Waals surface area (Å²) in [5.41, 5.74) is 16.4. The van der Waals surface area contributed by atoms with Gasteiger partial charge in [-0.15, -0.1) is 0 Å². The van der Waals surface area contributed by atoms with E-state index in [2.05, 4.69) is 106 Å². The summed E-state index contributed by atoms with van der Waals surface area (Å²) in [7, 11) is 2.49. The highest BCUT2D eigenvalue weighted by Crippen LogP contribution is 2.43. The Kier molecular flexibility index (Phi) is 9.55. The number of likely N-dealkylation sites (tertiary alicyclic amines) is 2. The van der Waals surface area contributed by atoms with E-state index in [1.807, 2.05) is 0 Å². The molecular weight excluding hydrogens is 536 g/mol. The predicted molar refractivity (Wildman–Crippen MR) is 172 cm³/mol. The molecule has 0 radical (unpaired) electrons. The van der Waals surface area contributed by atoms with Crippen molar-refractivity contribution >= 4 is 23.6 Å². The lowest BCUT2D eigenvalue weighted by atomic mass is 9.69. The highest BCUT2D eigenvalue weighted by molar-refractivity contribution is 6.52. The molecule has 3 aromatic rings. The highest BCUT2D eigenvalue weighted by Gasteiger charge is 2.78. The van der Waals surface area contributed by atoms with E-state index in [-0.39, 0.29) is 0 Å². The first kappa shape index (κ1) is 33.4. The highest BCUT2D eigenvalue weighted by atomic mass is 16.2. The lowest BCUT2D eigenvalue weighted by Gasteiger charge is -2.50. The Balaban J connectivity index is 0.000000185. The van der Waals surface area contributed by atoms with Gasteiger partial charge in [0.05, 0.1) is 0 Å². The average molecular weight is 583 g/mol. The molecule has 6 heteroatoms. The number of aryl methyl sites for hydroxylation is 6. The third-order valence-corrected chi connectivity index (χ3v) is 9.62. The summed E-state index contributed by atoms with van der Waals surface area (Å²) in [5, 5.41) is 0. The topological polar surface area (TPSA) is 74.8 Å². The van der Waals surface area contributed by atoms with Gasteiger partial charge in [0.15, 0.2) is 0 Å². The lowest BCUT2D eigenvalue weighted by Crippen LogP contribution is -2.82. The Morgan fingerprint density at radius 2 is 0.674 bits per heavy atom. The van der Waals surface area contributed by atoms with Gasteiger partial charge in [-0.25, -0.2) is 0 Å². The minimum atomic E-state index is -1.98. The van der Waals surface area contributed by atoms with Crippen molar-refractivity contribution in [1.29, 1.82) is 0 Å². The standard InChI is InChI=1S/C19H24.C11H16.C7H6N2O4/c1-12-7-18(8-13(2)16(12)5)11-19-9-14(3)17(6)15(4)10-19;1-7-6-8(2)10(4)11(5)9(7)3;1-8-3(10)7(4(8)11)5(12)9(2)6(7)13/h7-10H,11H2,1-6H3;6H,1-5H3;1-2H3. The third kappa shape index (κ3) is 5.80. The Bertz CT molecular complexity index is 1460. The molecule has 0 atom stereocenters. The molecule has 0 aromatic heterocycles. The van der Waals surface area contributed by atoms with Gasteiger partial charge < -0.3 is 0 Å². The molecule has 3 aromatic carbocycles. The van der Waals surface area contributed by atoms with Gasteiger partial charge in [0.2, 0.25) is 0 Å². The zero-order chi connectivity index (χ0) is 32.7. The van der Waals surface area contributed by atoms with Gasteiger partial charge in [0.1, 0.15) is 0 Å². The van der Waals surface area contributed by atoms with Crippen molar-refractivity contribution < 1.29 is 19.2 Å². The van der Waals surface area contributed by atoms with Crippen molar-refractivity contribution in [3.63, 3.8) is 0 Å². The molecule has 0 saturated carbocycles. The van der Waals surface area contributed by atoms with Crippen molar-refractivity contribution in [2.24, 2.45) is 5.41 Å². The summed E-state index contributed by atoms with van der Waals surface area (Å²) >= 11 is 0. The SMILES string of the molecule is CN1C(=O)C2(C1=O)C(=O)N(C)C2=O.Cc1cc(C)c(C)c(C)c1C.Cc1cc(Cc2cc(C)c(C)c(C)c2)cc(C)c1C. The zero-order valence-electron chi connectivity index (χ0n) is 28.1. The first-order valence-corrected chi connectivity index (χ1v) is 14.7. The number of rotatable bonds is 2. The normalized spacial score (nSPS) is 15.0. The number of hydrogen-bond donors (Lipinski definition) is 0. The maximum absolute atomic E-state index is 11.2. The molecule has 2 fully saturated rings. The van der Waals surface area contributed by atoms with Crippen LogP contribution in [0.25, 0.3) is 0 Å². The minimum absolute atomic E-state index is 0.717. The molecule has 2 aliphatic heterocycles. The number of benzene rings is 3. The van der Waals surface area contributed by atoms with Crippen molar-refractivity contribution in [2.75, 3.05) is 14.1 Å². The van der Waals surface area contributed by atoms with Crippen LogP contribution >= 0.6 is 0 Å². The molecule has 0 aliphatic carbocycles. The Morgan fingerprint density at radius 3 is 0.953 bits per heavy atom. The van der Waals surface area contributed by atoms with Crippen LogP contribution in [0.4, 0.5) is 0 Å². The molecule has 2 saturated heterocycles. The van der Waals surface area contributed by atoms with E-state index < -0.39 is 29.0 Å². The van der Waals surface area contributed by atoms with Crippen LogP contribution in [-0.4, -0.2) is 47.5 Å². The van der Waals surface area contributed by atoms with Gasteiger partial charge in [0, 0.05) is 14.1 Å². The number of hydrogen-bond acceptors (Lipinski definition) is 4. The van der Waals surface area contributed by atoms with Crippen LogP contribution in [0.3, 0.4) is 0 Å². The second-order valence-corrected chi connectivity index (χ2v) is 12.4. The molecular formula is C37H46N2O4. The molecule has 1 spiro atoms.